The fraction of sp³-hybridized carbons (Fsp3) is 1.00. The molecule has 2 aliphatic rings. The van der Waals surface area contributed by atoms with Gasteiger partial charge < -0.3 is 9.47 Å². The number of hydrogen-bond donors (Lipinski definition) is 0. The summed E-state index contributed by atoms with van der Waals surface area (Å²) in [6.45, 7) is 2.12. The van der Waals surface area contributed by atoms with Crippen LogP contribution in [0.4, 0.5) is 0 Å². The van der Waals surface area contributed by atoms with Crippen molar-refractivity contribution in [3.05, 3.63) is 0 Å². The molecule has 1 aliphatic heterocycles. The molecule has 6 heteroatoms. The number of rotatable bonds is 3. The van der Waals surface area contributed by atoms with Crippen LogP contribution in [0.3, 0.4) is 0 Å². The molecule has 2 fully saturated rings. The molecule has 1 saturated carbocycles. The Morgan fingerprint density at radius 1 is 1.29 bits per heavy atom. The molecule has 0 radical (unpaired) electrons. The highest BCUT2D eigenvalue weighted by Crippen LogP contribution is 2.38. The third kappa shape index (κ3) is 3.40. The molecule has 0 aromatic heterocycles. The van der Waals surface area contributed by atoms with E-state index >= 15 is 0 Å². The smallest absolute Gasteiger partial charge is 0.264 e. The molecule has 100 valence electrons. The van der Waals surface area contributed by atoms with Crippen molar-refractivity contribution >= 4 is 10.1 Å². The number of hydrogen-bond acceptors (Lipinski definition) is 5. The summed E-state index contributed by atoms with van der Waals surface area (Å²) in [6.07, 6.45) is 5.49. The zero-order valence-corrected chi connectivity index (χ0v) is 11.2. The van der Waals surface area contributed by atoms with Gasteiger partial charge in [-0.1, -0.05) is 6.42 Å². The SMILES string of the molecule is CC(OS(C)(=O)=O)[C@H]1COC2(CCCCC2)O1. The van der Waals surface area contributed by atoms with Gasteiger partial charge in [-0.25, -0.2) is 0 Å². The number of ether oxygens (including phenoxy) is 2. The molecule has 0 amide bonds. The summed E-state index contributed by atoms with van der Waals surface area (Å²) in [6, 6.07) is 0. The van der Waals surface area contributed by atoms with Gasteiger partial charge in [-0.05, 0) is 19.8 Å². The molecule has 1 saturated heterocycles. The Hall–Kier alpha value is -0.170. The Labute approximate surface area is 103 Å². The van der Waals surface area contributed by atoms with Crippen molar-refractivity contribution < 1.29 is 22.1 Å². The summed E-state index contributed by atoms with van der Waals surface area (Å²) in [5, 5.41) is 0. The molecule has 0 N–H and O–H groups in total. The zero-order chi connectivity index (χ0) is 12.5. The van der Waals surface area contributed by atoms with Crippen LogP contribution in [-0.4, -0.2) is 39.3 Å². The molecule has 1 spiro atoms. The van der Waals surface area contributed by atoms with Gasteiger partial charge in [0.25, 0.3) is 10.1 Å². The van der Waals surface area contributed by atoms with Crippen LogP contribution in [0.25, 0.3) is 0 Å². The van der Waals surface area contributed by atoms with E-state index in [1.165, 1.54) is 6.42 Å². The van der Waals surface area contributed by atoms with Gasteiger partial charge in [-0.15, -0.1) is 0 Å². The Bertz CT molecular complexity index is 358. The van der Waals surface area contributed by atoms with E-state index in [1.54, 1.807) is 6.92 Å². The van der Waals surface area contributed by atoms with Crippen LogP contribution in [0.5, 0.6) is 0 Å². The largest absolute Gasteiger partial charge is 0.347 e. The standard InChI is InChI=1S/C11H20O5S/c1-9(16-17(2,12)13)10-8-14-11(15-10)6-4-3-5-7-11/h9-10H,3-8H2,1-2H3/t9?,10-/m1/s1. The van der Waals surface area contributed by atoms with E-state index in [4.69, 9.17) is 13.7 Å². The average molecular weight is 264 g/mol. The van der Waals surface area contributed by atoms with E-state index in [0.717, 1.165) is 31.9 Å². The third-order valence-electron chi connectivity index (χ3n) is 3.34. The van der Waals surface area contributed by atoms with E-state index < -0.39 is 22.0 Å². The van der Waals surface area contributed by atoms with Crippen molar-refractivity contribution in [2.75, 3.05) is 12.9 Å². The quantitative estimate of drug-likeness (QED) is 0.722. The molecule has 0 aromatic carbocycles. The van der Waals surface area contributed by atoms with Gasteiger partial charge in [0.05, 0.1) is 12.9 Å². The van der Waals surface area contributed by atoms with Crippen LogP contribution in [0.15, 0.2) is 0 Å². The van der Waals surface area contributed by atoms with Gasteiger partial charge in [-0.2, -0.15) is 8.42 Å². The summed E-state index contributed by atoms with van der Waals surface area (Å²) in [7, 11) is -3.44. The van der Waals surface area contributed by atoms with Crippen LogP contribution >= 0.6 is 0 Å². The van der Waals surface area contributed by atoms with Crippen LogP contribution in [0.1, 0.15) is 39.0 Å². The molecule has 2 atom stereocenters. The second-order valence-electron chi connectivity index (χ2n) is 4.94. The van der Waals surface area contributed by atoms with E-state index in [-0.39, 0.29) is 6.10 Å². The van der Waals surface area contributed by atoms with E-state index in [9.17, 15) is 8.42 Å². The first-order chi connectivity index (χ1) is 7.90. The van der Waals surface area contributed by atoms with Gasteiger partial charge in [-0.3, -0.25) is 4.18 Å². The summed E-state index contributed by atoms with van der Waals surface area (Å²) in [4.78, 5) is 0. The van der Waals surface area contributed by atoms with E-state index in [2.05, 4.69) is 0 Å². The molecule has 1 heterocycles. The minimum absolute atomic E-state index is 0.289. The fourth-order valence-electron chi connectivity index (χ4n) is 2.50. The van der Waals surface area contributed by atoms with Crippen molar-refractivity contribution in [1.82, 2.24) is 0 Å². The highest BCUT2D eigenvalue weighted by molar-refractivity contribution is 7.86. The maximum absolute atomic E-state index is 11.0. The third-order valence-corrected chi connectivity index (χ3v) is 4.00. The minimum atomic E-state index is -3.44. The van der Waals surface area contributed by atoms with Crippen molar-refractivity contribution in [1.29, 1.82) is 0 Å². The Morgan fingerprint density at radius 3 is 2.53 bits per heavy atom. The summed E-state index contributed by atoms with van der Waals surface area (Å²) >= 11 is 0. The van der Waals surface area contributed by atoms with Crippen LogP contribution in [-0.2, 0) is 23.8 Å². The molecule has 1 unspecified atom stereocenters. The first kappa shape index (κ1) is 13.3. The lowest BCUT2D eigenvalue weighted by molar-refractivity contribution is -0.193. The predicted molar refractivity (Wildman–Crippen MR) is 62.0 cm³/mol. The first-order valence-electron chi connectivity index (χ1n) is 6.10. The fourth-order valence-corrected chi connectivity index (χ4v) is 3.17. The topological polar surface area (TPSA) is 61.8 Å². The van der Waals surface area contributed by atoms with Crippen LogP contribution < -0.4 is 0 Å². The zero-order valence-electron chi connectivity index (χ0n) is 10.3. The molecule has 1 aliphatic carbocycles. The molecule has 0 bridgehead atoms. The lowest BCUT2D eigenvalue weighted by Crippen LogP contribution is -2.36. The normalized spacial score (nSPS) is 30.6. The average Bonchev–Trinajstić information content (AvgIpc) is 2.61. The Morgan fingerprint density at radius 2 is 1.94 bits per heavy atom. The second-order valence-corrected chi connectivity index (χ2v) is 6.54. The predicted octanol–water partition coefficient (Wildman–Crippen LogP) is 1.43. The summed E-state index contributed by atoms with van der Waals surface area (Å²) in [5.74, 6) is -0.474. The Kier molecular flexibility index (Phi) is 3.77. The molecule has 17 heavy (non-hydrogen) atoms. The van der Waals surface area contributed by atoms with Gasteiger partial charge in [0.2, 0.25) is 0 Å². The van der Waals surface area contributed by atoms with E-state index in [0.29, 0.717) is 6.61 Å². The van der Waals surface area contributed by atoms with Crippen LogP contribution in [0, 0.1) is 0 Å². The van der Waals surface area contributed by atoms with Crippen LogP contribution in [0.2, 0.25) is 0 Å². The lowest BCUT2D eigenvalue weighted by Gasteiger charge is -2.32. The lowest BCUT2D eigenvalue weighted by atomic mass is 9.94. The van der Waals surface area contributed by atoms with Crippen molar-refractivity contribution in [2.24, 2.45) is 0 Å². The van der Waals surface area contributed by atoms with Gasteiger partial charge >= 0.3 is 0 Å². The molecular formula is C11H20O5S. The summed E-state index contributed by atoms with van der Waals surface area (Å²) < 4.78 is 38.6. The van der Waals surface area contributed by atoms with Gasteiger partial charge in [0, 0.05) is 12.8 Å². The maximum Gasteiger partial charge on any atom is 0.264 e. The van der Waals surface area contributed by atoms with Gasteiger partial charge in [0.1, 0.15) is 12.2 Å². The highest BCUT2D eigenvalue weighted by atomic mass is 32.2. The van der Waals surface area contributed by atoms with Gasteiger partial charge in [0.15, 0.2) is 5.79 Å². The second kappa shape index (κ2) is 4.84. The van der Waals surface area contributed by atoms with E-state index in [1.807, 2.05) is 0 Å². The maximum atomic E-state index is 11.0. The van der Waals surface area contributed by atoms with Crippen molar-refractivity contribution in [3.8, 4) is 0 Å². The monoisotopic (exact) mass is 264 g/mol. The minimum Gasteiger partial charge on any atom is -0.347 e. The highest BCUT2D eigenvalue weighted by Gasteiger charge is 2.44. The summed E-state index contributed by atoms with van der Waals surface area (Å²) in [5.41, 5.74) is 0. The molecular weight excluding hydrogens is 244 g/mol. The molecule has 5 nitrogen and oxygen atoms in total. The molecule has 0 aromatic rings. The molecule has 2 rings (SSSR count). The van der Waals surface area contributed by atoms with Crippen molar-refractivity contribution in [2.45, 2.75) is 57.0 Å². The first-order valence-corrected chi connectivity index (χ1v) is 7.92. The van der Waals surface area contributed by atoms with Crippen molar-refractivity contribution in [3.63, 3.8) is 0 Å². The Balaban J connectivity index is 1.92.